The van der Waals surface area contributed by atoms with Crippen LogP contribution in [0.2, 0.25) is 0 Å². The van der Waals surface area contributed by atoms with Crippen LogP contribution in [-0.4, -0.2) is 22.7 Å². The topological polar surface area (TPSA) is 69.6 Å². The molecule has 0 bridgehead atoms. The van der Waals surface area contributed by atoms with Crippen molar-refractivity contribution < 1.29 is 15.0 Å². The molecule has 128 valence electrons. The van der Waals surface area contributed by atoms with Gasteiger partial charge in [0.25, 0.3) is 0 Å². The summed E-state index contributed by atoms with van der Waals surface area (Å²) in [6, 6.07) is 6.42. The lowest BCUT2D eigenvalue weighted by Crippen LogP contribution is -2.41. The molecule has 0 radical (unpaired) electrons. The van der Waals surface area contributed by atoms with Gasteiger partial charge in [-0.1, -0.05) is 39.3 Å². The van der Waals surface area contributed by atoms with E-state index in [4.69, 9.17) is 0 Å². The van der Waals surface area contributed by atoms with E-state index >= 15 is 0 Å². The number of aliphatic hydroxyl groups excluding tert-OH is 1. The van der Waals surface area contributed by atoms with Crippen LogP contribution in [0.3, 0.4) is 0 Å². The molecule has 0 heterocycles. The quantitative estimate of drug-likeness (QED) is 0.780. The van der Waals surface area contributed by atoms with Crippen molar-refractivity contribution in [3.05, 3.63) is 29.8 Å². The first-order valence-corrected chi connectivity index (χ1v) is 8.63. The summed E-state index contributed by atoms with van der Waals surface area (Å²) in [7, 11) is 0. The summed E-state index contributed by atoms with van der Waals surface area (Å²) in [5.41, 5.74) is 0.695. The van der Waals surface area contributed by atoms with Gasteiger partial charge in [0.1, 0.15) is 5.75 Å². The van der Waals surface area contributed by atoms with Gasteiger partial charge in [-0.15, -0.1) is 0 Å². The number of phenols is 1. The predicted octanol–water partition coefficient (Wildman–Crippen LogP) is 3.25. The molecule has 1 unspecified atom stereocenters. The molecular weight excluding hydrogens is 290 g/mol. The fraction of sp³-hybridized carbons (Fsp3) is 0.632. The largest absolute Gasteiger partial charge is 0.508 e. The first-order chi connectivity index (χ1) is 10.9. The number of phenolic OH excluding ortho intramolecular Hbond substituents is 1. The zero-order valence-electron chi connectivity index (χ0n) is 14.3. The van der Waals surface area contributed by atoms with Crippen molar-refractivity contribution in [1.29, 1.82) is 0 Å². The Morgan fingerprint density at radius 3 is 2.52 bits per heavy atom. The number of hydrogen-bond acceptors (Lipinski definition) is 3. The average molecular weight is 319 g/mol. The number of aliphatic hydroxyl groups is 1. The number of hydrogen-bond donors (Lipinski definition) is 3. The van der Waals surface area contributed by atoms with Gasteiger partial charge in [0.2, 0.25) is 5.91 Å². The van der Waals surface area contributed by atoms with Crippen molar-refractivity contribution >= 4 is 5.91 Å². The van der Waals surface area contributed by atoms with Gasteiger partial charge in [-0.3, -0.25) is 4.79 Å². The number of carbonyl (C=O) groups excluding carboxylic acids is 1. The van der Waals surface area contributed by atoms with Gasteiger partial charge in [0.05, 0.1) is 6.10 Å². The summed E-state index contributed by atoms with van der Waals surface area (Å²) < 4.78 is 0. The average Bonchev–Trinajstić information content (AvgIpc) is 2.52. The molecule has 4 heteroatoms. The Bertz CT molecular complexity index is 512. The molecule has 0 aliphatic heterocycles. The Kier molecular flexibility index (Phi) is 6.05. The third-order valence-electron chi connectivity index (χ3n) is 5.11. The summed E-state index contributed by atoms with van der Waals surface area (Å²) in [4.78, 5) is 12.6. The van der Waals surface area contributed by atoms with Crippen molar-refractivity contribution in [2.75, 3.05) is 6.54 Å². The molecule has 4 atom stereocenters. The van der Waals surface area contributed by atoms with Gasteiger partial charge in [-0.25, -0.2) is 0 Å². The first kappa shape index (κ1) is 17.8. The summed E-state index contributed by atoms with van der Waals surface area (Å²) in [6.07, 6.45) is 2.49. The number of nitrogens with one attached hydrogen (secondary N) is 1. The van der Waals surface area contributed by atoms with Gasteiger partial charge < -0.3 is 15.5 Å². The highest BCUT2D eigenvalue weighted by atomic mass is 16.3. The third kappa shape index (κ3) is 4.71. The fourth-order valence-electron chi connectivity index (χ4n) is 3.65. The molecule has 0 saturated heterocycles. The van der Waals surface area contributed by atoms with Crippen LogP contribution in [0.5, 0.6) is 5.75 Å². The van der Waals surface area contributed by atoms with Crippen molar-refractivity contribution in [1.82, 2.24) is 5.32 Å². The van der Waals surface area contributed by atoms with Crippen molar-refractivity contribution in [3.63, 3.8) is 0 Å². The number of carbonyl (C=O) groups is 1. The Morgan fingerprint density at radius 1 is 1.26 bits per heavy atom. The van der Waals surface area contributed by atoms with E-state index in [1.54, 1.807) is 12.1 Å². The van der Waals surface area contributed by atoms with Crippen LogP contribution in [0.1, 0.15) is 51.7 Å². The lowest BCUT2D eigenvalue weighted by Gasteiger charge is -2.36. The Morgan fingerprint density at radius 2 is 1.91 bits per heavy atom. The van der Waals surface area contributed by atoms with Crippen molar-refractivity contribution in [2.24, 2.45) is 23.7 Å². The minimum atomic E-state index is -0.752. The standard InChI is InChI=1S/C19H29NO3/c1-12(2)16-9-4-13(3)10-17(16)19(23)20-11-18(22)14-5-7-15(21)8-6-14/h5-8,12-13,16-18,21-22H,4,9-11H2,1-3H3,(H,20,23)/t13-,16+,17-,18?/m1/s1. The lowest BCUT2D eigenvalue weighted by molar-refractivity contribution is -0.129. The number of rotatable bonds is 5. The van der Waals surface area contributed by atoms with E-state index in [9.17, 15) is 15.0 Å². The molecule has 2 rings (SSSR count). The minimum Gasteiger partial charge on any atom is -0.508 e. The smallest absolute Gasteiger partial charge is 0.223 e. The number of aromatic hydroxyl groups is 1. The van der Waals surface area contributed by atoms with E-state index in [0.29, 0.717) is 23.3 Å². The Balaban J connectivity index is 1.93. The molecule has 1 aromatic rings. The fourth-order valence-corrected chi connectivity index (χ4v) is 3.65. The molecule has 1 fully saturated rings. The minimum absolute atomic E-state index is 0.0470. The highest BCUT2D eigenvalue weighted by molar-refractivity contribution is 5.79. The second kappa shape index (κ2) is 7.82. The SMILES string of the molecule is CC(C)[C@@H]1CC[C@@H](C)C[C@H]1C(=O)NCC(O)c1ccc(O)cc1. The molecular formula is C19H29NO3. The van der Waals surface area contributed by atoms with E-state index in [1.807, 2.05) is 0 Å². The summed E-state index contributed by atoms with van der Waals surface area (Å²) >= 11 is 0. The molecule has 1 aliphatic rings. The van der Waals surface area contributed by atoms with E-state index < -0.39 is 6.10 Å². The van der Waals surface area contributed by atoms with Crippen molar-refractivity contribution in [2.45, 2.75) is 46.1 Å². The monoisotopic (exact) mass is 319 g/mol. The molecule has 1 amide bonds. The van der Waals surface area contributed by atoms with Crippen LogP contribution in [0.15, 0.2) is 24.3 Å². The van der Waals surface area contributed by atoms with Crippen LogP contribution in [0.25, 0.3) is 0 Å². The van der Waals surface area contributed by atoms with E-state index in [-0.39, 0.29) is 24.1 Å². The van der Waals surface area contributed by atoms with Gasteiger partial charge in [-0.2, -0.15) is 0 Å². The van der Waals surface area contributed by atoms with Gasteiger partial charge >= 0.3 is 0 Å². The normalized spacial score (nSPS) is 26.0. The second-order valence-corrected chi connectivity index (χ2v) is 7.29. The number of amides is 1. The maximum absolute atomic E-state index is 12.6. The maximum Gasteiger partial charge on any atom is 0.223 e. The van der Waals surface area contributed by atoms with Crippen molar-refractivity contribution in [3.8, 4) is 5.75 Å². The molecule has 0 spiro atoms. The summed E-state index contributed by atoms with van der Waals surface area (Å²) in [5, 5.41) is 22.4. The van der Waals surface area contributed by atoms with Gasteiger partial charge in [-0.05, 0) is 48.3 Å². The van der Waals surface area contributed by atoms with Gasteiger partial charge in [0, 0.05) is 12.5 Å². The Labute approximate surface area is 138 Å². The molecule has 1 saturated carbocycles. The first-order valence-electron chi connectivity index (χ1n) is 8.63. The second-order valence-electron chi connectivity index (χ2n) is 7.29. The molecule has 1 aromatic carbocycles. The molecule has 4 nitrogen and oxygen atoms in total. The predicted molar refractivity (Wildman–Crippen MR) is 90.9 cm³/mol. The van der Waals surface area contributed by atoms with E-state index in [0.717, 1.165) is 12.8 Å². The summed E-state index contributed by atoms with van der Waals surface area (Å²) in [5.74, 6) is 1.79. The Hall–Kier alpha value is -1.55. The molecule has 23 heavy (non-hydrogen) atoms. The zero-order chi connectivity index (χ0) is 17.0. The van der Waals surface area contributed by atoms with E-state index in [2.05, 4.69) is 26.1 Å². The molecule has 0 aromatic heterocycles. The molecule has 3 N–H and O–H groups in total. The summed E-state index contributed by atoms with van der Waals surface area (Å²) in [6.45, 7) is 6.79. The lowest BCUT2D eigenvalue weighted by atomic mass is 9.70. The number of benzene rings is 1. The highest BCUT2D eigenvalue weighted by Gasteiger charge is 2.35. The maximum atomic E-state index is 12.6. The molecule has 1 aliphatic carbocycles. The van der Waals surface area contributed by atoms with Crippen LogP contribution < -0.4 is 5.32 Å². The van der Waals surface area contributed by atoms with Crippen LogP contribution in [-0.2, 0) is 4.79 Å². The van der Waals surface area contributed by atoms with Crippen LogP contribution in [0, 0.1) is 23.7 Å². The van der Waals surface area contributed by atoms with Gasteiger partial charge in [0.15, 0.2) is 0 Å². The zero-order valence-corrected chi connectivity index (χ0v) is 14.3. The van der Waals surface area contributed by atoms with E-state index in [1.165, 1.54) is 18.6 Å². The van der Waals surface area contributed by atoms with Crippen LogP contribution >= 0.6 is 0 Å². The highest BCUT2D eigenvalue weighted by Crippen LogP contribution is 2.38. The third-order valence-corrected chi connectivity index (χ3v) is 5.11. The van der Waals surface area contributed by atoms with Crippen LogP contribution in [0.4, 0.5) is 0 Å².